The van der Waals surface area contributed by atoms with E-state index in [9.17, 15) is 13.2 Å². The van der Waals surface area contributed by atoms with Gasteiger partial charge >= 0.3 is 0 Å². The second-order valence-corrected chi connectivity index (χ2v) is 3.38. The predicted molar refractivity (Wildman–Crippen MR) is 46.9 cm³/mol. The lowest BCUT2D eigenvalue weighted by Gasteiger charge is -2.03. The summed E-state index contributed by atoms with van der Waals surface area (Å²) in [7, 11) is 0. The van der Waals surface area contributed by atoms with Crippen molar-refractivity contribution in [3.8, 4) is 0 Å². The minimum Gasteiger partial charge on any atom is -0.251 e. The quantitative estimate of drug-likeness (QED) is 0.725. The summed E-state index contributed by atoms with van der Waals surface area (Å²) in [6.07, 6.45) is -2.04. The van der Waals surface area contributed by atoms with E-state index in [0.717, 1.165) is 0 Å². The van der Waals surface area contributed by atoms with Crippen LogP contribution in [0, 0.1) is 9.39 Å². The summed E-state index contributed by atoms with van der Waals surface area (Å²) in [6.45, 7) is 0. The molecule has 1 rings (SSSR count). The number of nitrogens with zero attached hydrogens (tertiary/aromatic N) is 1. The first kappa shape index (κ1) is 10.0. The van der Waals surface area contributed by atoms with Gasteiger partial charge in [0.2, 0.25) is 0 Å². The molecule has 0 bridgehead atoms. The molecule has 1 nitrogen and oxygen atoms in total. The Morgan fingerprint density at radius 2 is 2.08 bits per heavy atom. The molecule has 0 fully saturated rings. The topological polar surface area (TPSA) is 12.9 Å². The normalized spacial score (nSPS) is 10.8. The zero-order valence-electron chi connectivity index (χ0n) is 5.49. The van der Waals surface area contributed by atoms with Crippen molar-refractivity contribution in [3.05, 3.63) is 26.3 Å². The largest absolute Gasteiger partial charge is 0.281 e. The van der Waals surface area contributed by atoms with Crippen molar-refractivity contribution in [2.24, 2.45) is 0 Å². The van der Waals surface area contributed by atoms with E-state index in [1.54, 1.807) is 0 Å². The average molecular weight is 307 g/mol. The van der Waals surface area contributed by atoms with Crippen LogP contribution >= 0.6 is 34.2 Å². The van der Waals surface area contributed by atoms with Crippen molar-refractivity contribution in [1.29, 1.82) is 0 Å². The first-order chi connectivity index (χ1) is 5.54. The van der Waals surface area contributed by atoms with Gasteiger partial charge in [-0.05, 0) is 22.6 Å². The van der Waals surface area contributed by atoms with Crippen LogP contribution in [-0.2, 0) is 0 Å². The molecule has 0 aliphatic heterocycles. The SMILES string of the molecule is Fc1cnc(C(F)F)c(I)c1Cl. The van der Waals surface area contributed by atoms with Crippen LogP contribution in [-0.4, -0.2) is 4.98 Å². The fourth-order valence-electron chi connectivity index (χ4n) is 0.609. The van der Waals surface area contributed by atoms with Gasteiger partial charge in [0.1, 0.15) is 5.69 Å². The van der Waals surface area contributed by atoms with Crippen LogP contribution < -0.4 is 0 Å². The molecule has 0 N–H and O–H groups in total. The highest BCUT2D eigenvalue weighted by Gasteiger charge is 2.17. The van der Waals surface area contributed by atoms with Crippen LogP contribution in [0.5, 0.6) is 0 Å². The number of pyridine rings is 1. The summed E-state index contributed by atoms with van der Waals surface area (Å²) >= 11 is 6.90. The molecule has 0 saturated carbocycles. The summed E-state index contributed by atoms with van der Waals surface area (Å²) in [5, 5.41) is -0.305. The Labute approximate surface area is 85.1 Å². The van der Waals surface area contributed by atoms with Crippen molar-refractivity contribution in [1.82, 2.24) is 4.98 Å². The molecule has 0 amide bonds. The average Bonchev–Trinajstić information content (AvgIpc) is 2.00. The van der Waals surface area contributed by atoms with Crippen LogP contribution in [0.25, 0.3) is 0 Å². The lowest BCUT2D eigenvalue weighted by molar-refractivity contribution is 0.145. The second kappa shape index (κ2) is 3.78. The van der Waals surface area contributed by atoms with Gasteiger partial charge in [-0.2, -0.15) is 0 Å². The highest BCUT2D eigenvalue weighted by Crippen LogP contribution is 2.29. The molecule has 1 aromatic heterocycles. The molecule has 1 aromatic rings. The van der Waals surface area contributed by atoms with Gasteiger partial charge in [-0.15, -0.1) is 0 Å². The summed E-state index contributed by atoms with van der Waals surface area (Å²) < 4.78 is 36.7. The van der Waals surface area contributed by atoms with E-state index in [-0.39, 0.29) is 8.59 Å². The molecule has 0 spiro atoms. The third-order valence-electron chi connectivity index (χ3n) is 1.15. The molecule has 0 atom stereocenters. The lowest BCUT2D eigenvalue weighted by atomic mass is 10.3. The minimum atomic E-state index is -2.73. The minimum absolute atomic E-state index is 0.0377. The number of hydrogen-bond donors (Lipinski definition) is 0. The first-order valence-electron chi connectivity index (χ1n) is 2.81. The monoisotopic (exact) mass is 307 g/mol. The van der Waals surface area contributed by atoms with Gasteiger partial charge in [0.25, 0.3) is 6.43 Å². The summed E-state index contributed by atoms with van der Waals surface area (Å²) in [6, 6.07) is 0. The first-order valence-corrected chi connectivity index (χ1v) is 4.27. The van der Waals surface area contributed by atoms with Crippen LogP contribution in [0.2, 0.25) is 5.02 Å². The molecular formula is C6H2ClF3IN. The molecule has 0 aromatic carbocycles. The molecule has 0 aliphatic rings. The third-order valence-corrected chi connectivity index (χ3v) is 2.93. The Balaban J connectivity index is 3.27. The van der Waals surface area contributed by atoms with Crippen molar-refractivity contribution in [2.75, 3.05) is 0 Å². The van der Waals surface area contributed by atoms with Crippen LogP contribution in [0.4, 0.5) is 13.2 Å². The third kappa shape index (κ3) is 1.82. The van der Waals surface area contributed by atoms with Crippen LogP contribution in [0.15, 0.2) is 6.20 Å². The molecule has 12 heavy (non-hydrogen) atoms. The zero-order valence-corrected chi connectivity index (χ0v) is 8.41. The smallest absolute Gasteiger partial charge is 0.251 e. The fourth-order valence-corrected chi connectivity index (χ4v) is 1.39. The van der Waals surface area contributed by atoms with Gasteiger partial charge in [0.05, 0.1) is 14.8 Å². The molecule has 6 heteroatoms. The fraction of sp³-hybridized carbons (Fsp3) is 0.167. The summed E-state index contributed by atoms with van der Waals surface area (Å²) in [5.41, 5.74) is -0.484. The van der Waals surface area contributed by atoms with Crippen molar-refractivity contribution in [3.63, 3.8) is 0 Å². The van der Waals surface area contributed by atoms with E-state index in [2.05, 4.69) is 4.98 Å². The molecule has 66 valence electrons. The second-order valence-electron chi connectivity index (χ2n) is 1.92. The highest BCUT2D eigenvalue weighted by molar-refractivity contribution is 14.1. The number of rotatable bonds is 1. The molecular weight excluding hydrogens is 305 g/mol. The van der Waals surface area contributed by atoms with Crippen LogP contribution in [0.3, 0.4) is 0 Å². The van der Waals surface area contributed by atoms with Gasteiger partial charge < -0.3 is 0 Å². The Hall–Kier alpha value is -0.0400. The van der Waals surface area contributed by atoms with Crippen molar-refractivity contribution < 1.29 is 13.2 Å². The van der Waals surface area contributed by atoms with E-state index in [1.807, 2.05) is 0 Å². The van der Waals surface area contributed by atoms with E-state index in [1.165, 1.54) is 22.6 Å². The van der Waals surface area contributed by atoms with E-state index in [4.69, 9.17) is 11.6 Å². The Bertz CT molecular complexity index is 305. The van der Waals surface area contributed by atoms with Gasteiger partial charge in [-0.25, -0.2) is 13.2 Å². The summed E-state index contributed by atoms with van der Waals surface area (Å²) in [4.78, 5) is 3.22. The van der Waals surface area contributed by atoms with Gasteiger partial charge in [0, 0.05) is 0 Å². The lowest BCUT2D eigenvalue weighted by Crippen LogP contribution is -1.97. The molecule has 0 unspecified atom stereocenters. The molecule has 0 aliphatic carbocycles. The maximum atomic E-state index is 12.6. The Morgan fingerprint density at radius 3 is 2.58 bits per heavy atom. The van der Waals surface area contributed by atoms with Crippen molar-refractivity contribution >= 4 is 34.2 Å². The number of halogens is 5. The maximum absolute atomic E-state index is 12.6. The number of aromatic nitrogens is 1. The standard InChI is InChI=1S/C6H2ClF3IN/c7-3-2(8)1-12-5(4(3)11)6(9)10/h1,6H. The maximum Gasteiger partial charge on any atom is 0.281 e. The van der Waals surface area contributed by atoms with Crippen molar-refractivity contribution in [2.45, 2.75) is 6.43 Å². The Kier molecular flexibility index (Phi) is 3.16. The number of alkyl halides is 2. The van der Waals surface area contributed by atoms with E-state index < -0.39 is 17.9 Å². The summed E-state index contributed by atoms with van der Waals surface area (Å²) in [5.74, 6) is -0.787. The molecule has 0 radical (unpaired) electrons. The van der Waals surface area contributed by atoms with E-state index in [0.29, 0.717) is 6.20 Å². The van der Waals surface area contributed by atoms with E-state index >= 15 is 0 Å². The molecule has 0 saturated heterocycles. The van der Waals surface area contributed by atoms with Crippen LogP contribution in [0.1, 0.15) is 12.1 Å². The van der Waals surface area contributed by atoms with Gasteiger partial charge in [-0.3, -0.25) is 4.98 Å². The number of hydrogen-bond acceptors (Lipinski definition) is 1. The zero-order chi connectivity index (χ0) is 9.30. The van der Waals surface area contributed by atoms with Gasteiger partial charge in [0.15, 0.2) is 5.82 Å². The highest BCUT2D eigenvalue weighted by atomic mass is 127. The molecule has 1 heterocycles. The Morgan fingerprint density at radius 1 is 1.50 bits per heavy atom. The predicted octanol–water partition coefficient (Wildman–Crippen LogP) is 3.42. The van der Waals surface area contributed by atoms with Gasteiger partial charge in [-0.1, -0.05) is 11.6 Å².